The normalized spacial score (nSPS) is 18.0. The highest BCUT2D eigenvalue weighted by Crippen LogP contribution is 2.14. The molecule has 0 aromatic carbocycles. The summed E-state index contributed by atoms with van der Waals surface area (Å²) in [5.41, 5.74) is 1.16. The number of anilines is 2. The number of halogens is 1. The zero-order chi connectivity index (χ0) is 20.8. The molecule has 0 bridgehead atoms. The van der Waals surface area contributed by atoms with E-state index in [2.05, 4.69) is 64.0 Å². The molecule has 0 aliphatic carbocycles. The molecule has 31 heavy (non-hydrogen) atoms. The predicted molar refractivity (Wildman–Crippen MR) is 135 cm³/mol. The first kappa shape index (κ1) is 23.5. The molecule has 2 fully saturated rings. The van der Waals surface area contributed by atoms with Gasteiger partial charge in [-0.3, -0.25) is 4.99 Å². The van der Waals surface area contributed by atoms with Gasteiger partial charge in [0.2, 0.25) is 5.95 Å². The number of hydrogen-bond donors (Lipinski definition) is 1. The van der Waals surface area contributed by atoms with Crippen LogP contribution in [0, 0.1) is 0 Å². The Morgan fingerprint density at radius 2 is 1.61 bits per heavy atom. The topological polar surface area (TPSA) is 76.0 Å². The minimum atomic E-state index is 0. The van der Waals surface area contributed by atoms with E-state index in [1.54, 1.807) is 12.4 Å². The molecule has 4 heterocycles. The van der Waals surface area contributed by atoms with Gasteiger partial charge in [0.05, 0.1) is 0 Å². The first-order valence-electron chi connectivity index (χ1n) is 10.6. The molecule has 0 spiro atoms. The van der Waals surface area contributed by atoms with E-state index in [4.69, 9.17) is 0 Å². The Bertz CT molecular complexity index is 815. The molecule has 4 rings (SSSR count). The van der Waals surface area contributed by atoms with Crippen LogP contribution in [0.15, 0.2) is 41.8 Å². The van der Waals surface area contributed by atoms with Gasteiger partial charge in [-0.15, -0.1) is 24.0 Å². The molecule has 0 radical (unpaired) electrons. The van der Waals surface area contributed by atoms with Gasteiger partial charge < -0.3 is 24.9 Å². The van der Waals surface area contributed by atoms with Gasteiger partial charge in [0, 0.05) is 84.5 Å². The van der Waals surface area contributed by atoms with E-state index in [9.17, 15) is 0 Å². The van der Waals surface area contributed by atoms with Gasteiger partial charge in [-0.2, -0.15) is 0 Å². The van der Waals surface area contributed by atoms with Crippen molar-refractivity contribution in [3.8, 4) is 0 Å². The summed E-state index contributed by atoms with van der Waals surface area (Å²) in [7, 11) is 4.01. The van der Waals surface area contributed by atoms with Gasteiger partial charge in [0.15, 0.2) is 5.96 Å². The summed E-state index contributed by atoms with van der Waals surface area (Å²) in [6, 6.07) is 6.13. The minimum Gasteiger partial charge on any atom is -0.354 e. The van der Waals surface area contributed by atoms with E-state index >= 15 is 0 Å². The highest BCUT2D eigenvalue weighted by Gasteiger charge is 2.21. The Morgan fingerprint density at radius 3 is 2.23 bits per heavy atom. The first-order chi connectivity index (χ1) is 14.7. The average Bonchev–Trinajstić information content (AvgIpc) is 2.81. The quantitative estimate of drug-likeness (QED) is 0.354. The summed E-state index contributed by atoms with van der Waals surface area (Å²) in [6.45, 7) is 8.50. The maximum absolute atomic E-state index is 4.68. The summed E-state index contributed by atoms with van der Waals surface area (Å²) in [6.07, 6.45) is 5.55. The number of rotatable bonds is 4. The number of piperazine rings is 2. The Morgan fingerprint density at radius 1 is 0.935 bits per heavy atom. The zero-order valence-corrected chi connectivity index (χ0v) is 20.6. The van der Waals surface area contributed by atoms with Crippen LogP contribution in [-0.2, 0) is 6.54 Å². The molecular formula is C21H32IN9. The fourth-order valence-electron chi connectivity index (χ4n) is 3.83. The van der Waals surface area contributed by atoms with Gasteiger partial charge in [0.25, 0.3) is 0 Å². The monoisotopic (exact) mass is 537 g/mol. The summed E-state index contributed by atoms with van der Waals surface area (Å²) in [5.74, 6) is 2.79. The Kier molecular flexibility index (Phi) is 8.64. The predicted octanol–water partition coefficient (Wildman–Crippen LogP) is 1.14. The Labute approximate surface area is 201 Å². The maximum atomic E-state index is 4.68. The third-order valence-electron chi connectivity index (χ3n) is 5.71. The molecule has 2 saturated heterocycles. The van der Waals surface area contributed by atoms with Crippen molar-refractivity contribution in [3.63, 3.8) is 0 Å². The van der Waals surface area contributed by atoms with Crippen LogP contribution in [0.4, 0.5) is 11.8 Å². The number of likely N-dealkylation sites (N-methyl/N-ethyl adjacent to an activating group) is 1. The minimum absolute atomic E-state index is 0. The van der Waals surface area contributed by atoms with E-state index in [-0.39, 0.29) is 24.0 Å². The highest BCUT2D eigenvalue weighted by atomic mass is 127. The lowest BCUT2D eigenvalue weighted by molar-refractivity contribution is 0.312. The van der Waals surface area contributed by atoms with Crippen molar-refractivity contribution in [2.75, 3.05) is 76.3 Å². The Balaban J connectivity index is 0.00000272. The van der Waals surface area contributed by atoms with Crippen LogP contribution in [0.2, 0.25) is 0 Å². The van der Waals surface area contributed by atoms with Crippen LogP contribution in [-0.4, -0.2) is 97.2 Å². The molecule has 9 nitrogen and oxygen atoms in total. The molecule has 10 heteroatoms. The van der Waals surface area contributed by atoms with Crippen LogP contribution in [0.3, 0.4) is 0 Å². The third-order valence-corrected chi connectivity index (χ3v) is 5.71. The Hall–Kier alpha value is -2.21. The standard InChI is InChI=1S/C21H31N9.HI/c1-22-20(29-12-14-30(15-13-29)21-23-6-3-7-24-21)26-17-18-4-5-19(25-16-18)28-10-8-27(2)9-11-28;/h3-7,16H,8-15,17H2,1-2H3,(H,22,26);1H. The summed E-state index contributed by atoms with van der Waals surface area (Å²) in [5, 5.41) is 3.48. The van der Waals surface area contributed by atoms with Crippen molar-refractivity contribution >= 4 is 41.7 Å². The second kappa shape index (κ2) is 11.4. The molecule has 2 aliphatic heterocycles. The molecule has 0 amide bonds. The molecule has 2 aromatic heterocycles. The second-order valence-electron chi connectivity index (χ2n) is 7.74. The number of pyridine rings is 1. The average molecular weight is 537 g/mol. The van der Waals surface area contributed by atoms with Crippen LogP contribution in [0.1, 0.15) is 5.56 Å². The van der Waals surface area contributed by atoms with Crippen molar-refractivity contribution < 1.29 is 0 Å². The molecule has 2 aliphatic rings. The van der Waals surface area contributed by atoms with Crippen molar-refractivity contribution in [2.24, 2.45) is 4.99 Å². The number of aromatic nitrogens is 3. The summed E-state index contributed by atoms with van der Waals surface area (Å²) in [4.78, 5) is 27.1. The van der Waals surface area contributed by atoms with Crippen molar-refractivity contribution in [3.05, 3.63) is 42.4 Å². The van der Waals surface area contributed by atoms with Gasteiger partial charge in [0.1, 0.15) is 5.82 Å². The molecule has 0 saturated carbocycles. The zero-order valence-electron chi connectivity index (χ0n) is 18.3. The largest absolute Gasteiger partial charge is 0.354 e. The fourth-order valence-corrected chi connectivity index (χ4v) is 3.83. The van der Waals surface area contributed by atoms with Crippen molar-refractivity contribution in [1.29, 1.82) is 0 Å². The summed E-state index contributed by atoms with van der Waals surface area (Å²) < 4.78 is 0. The number of nitrogens with zero attached hydrogens (tertiary/aromatic N) is 8. The SMILES string of the molecule is CN=C(NCc1ccc(N2CCN(C)CC2)nc1)N1CCN(c2ncccn2)CC1.I. The summed E-state index contributed by atoms with van der Waals surface area (Å²) >= 11 is 0. The number of aliphatic imine (C=N–C) groups is 1. The van der Waals surface area contributed by atoms with E-state index in [0.29, 0.717) is 6.54 Å². The molecule has 2 aromatic rings. The molecule has 0 unspecified atom stereocenters. The molecule has 168 valence electrons. The smallest absolute Gasteiger partial charge is 0.225 e. The van der Waals surface area contributed by atoms with E-state index < -0.39 is 0 Å². The van der Waals surface area contributed by atoms with Gasteiger partial charge in [-0.25, -0.2) is 15.0 Å². The lowest BCUT2D eigenvalue weighted by Crippen LogP contribution is -2.52. The lowest BCUT2D eigenvalue weighted by Gasteiger charge is -2.36. The number of guanidine groups is 1. The molecular weight excluding hydrogens is 505 g/mol. The van der Waals surface area contributed by atoms with Gasteiger partial charge >= 0.3 is 0 Å². The van der Waals surface area contributed by atoms with Crippen LogP contribution in [0.5, 0.6) is 0 Å². The molecule has 1 N–H and O–H groups in total. The van der Waals surface area contributed by atoms with Crippen molar-refractivity contribution in [1.82, 2.24) is 30.1 Å². The maximum Gasteiger partial charge on any atom is 0.225 e. The van der Waals surface area contributed by atoms with Crippen LogP contribution in [0.25, 0.3) is 0 Å². The fraction of sp³-hybridized carbons (Fsp3) is 0.524. The van der Waals surface area contributed by atoms with E-state index in [0.717, 1.165) is 75.6 Å². The number of hydrogen-bond acceptors (Lipinski definition) is 7. The van der Waals surface area contributed by atoms with E-state index in [1.807, 2.05) is 19.3 Å². The van der Waals surface area contributed by atoms with Crippen molar-refractivity contribution in [2.45, 2.75) is 6.54 Å². The van der Waals surface area contributed by atoms with Crippen LogP contribution >= 0.6 is 24.0 Å². The van der Waals surface area contributed by atoms with Gasteiger partial charge in [-0.05, 0) is 24.7 Å². The third kappa shape index (κ3) is 6.16. The second-order valence-corrected chi connectivity index (χ2v) is 7.74. The number of nitrogens with one attached hydrogen (secondary N) is 1. The van der Waals surface area contributed by atoms with E-state index in [1.165, 1.54) is 0 Å². The van der Waals surface area contributed by atoms with Gasteiger partial charge in [-0.1, -0.05) is 6.07 Å². The van der Waals surface area contributed by atoms with Crippen LogP contribution < -0.4 is 15.1 Å². The highest BCUT2D eigenvalue weighted by molar-refractivity contribution is 14.0. The molecule has 0 atom stereocenters. The first-order valence-corrected chi connectivity index (χ1v) is 10.6. The lowest BCUT2D eigenvalue weighted by atomic mass is 10.2.